The minimum atomic E-state index is -1.16. The maximum Gasteiger partial charge on any atom is 0.326 e. The zero-order valence-corrected chi connectivity index (χ0v) is 9.64. The van der Waals surface area contributed by atoms with Crippen molar-refractivity contribution in [3.63, 3.8) is 0 Å². The summed E-state index contributed by atoms with van der Waals surface area (Å²) in [5.41, 5.74) is 0. The van der Waals surface area contributed by atoms with Gasteiger partial charge in [-0.1, -0.05) is 0 Å². The van der Waals surface area contributed by atoms with Gasteiger partial charge in [-0.3, -0.25) is 4.79 Å². The van der Waals surface area contributed by atoms with Crippen LogP contribution in [0.3, 0.4) is 0 Å². The lowest BCUT2D eigenvalue weighted by molar-refractivity contribution is -0.142. The third-order valence-corrected chi connectivity index (χ3v) is 1.84. The lowest BCUT2D eigenvalue weighted by atomic mass is 10.1. The predicted octanol–water partition coefficient (Wildman–Crippen LogP) is -0.477. The predicted molar refractivity (Wildman–Crippen MR) is 57.1 cm³/mol. The Labute approximate surface area is 99.3 Å². The molecule has 0 heterocycles. The molecule has 7 nitrogen and oxygen atoms in total. The van der Waals surface area contributed by atoms with Crippen LogP contribution in [0.5, 0.6) is 0 Å². The molecule has 0 saturated carbocycles. The van der Waals surface area contributed by atoms with E-state index < -0.39 is 17.9 Å². The fourth-order valence-corrected chi connectivity index (χ4v) is 1.01. The van der Waals surface area contributed by atoms with E-state index in [9.17, 15) is 9.59 Å². The molecule has 1 amide bonds. The van der Waals surface area contributed by atoms with E-state index in [4.69, 9.17) is 19.8 Å². The second kappa shape index (κ2) is 9.57. The van der Waals surface area contributed by atoms with E-state index in [-0.39, 0.29) is 26.1 Å². The quantitative estimate of drug-likeness (QED) is 0.530. The summed E-state index contributed by atoms with van der Waals surface area (Å²) in [5.74, 6) is -1.68. The third kappa shape index (κ3) is 8.19. The third-order valence-electron chi connectivity index (χ3n) is 1.84. The average Bonchev–Trinajstić information content (AvgIpc) is 2.29. The van der Waals surface area contributed by atoms with Crippen LogP contribution in [-0.2, 0) is 19.1 Å². The first-order valence-electron chi connectivity index (χ1n) is 5.07. The highest BCUT2D eigenvalue weighted by atomic mass is 16.5. The van der Waals surface area contributed by atoms with Gasteiger partial charge in [0.25, 0.3) is 0 Å². The molecule has 0 saturated heterocycles. The molecule has 1 atom stereocenters. The number of hydrogen-bond acceptors (Lipinski definition) is 5. The highest BCUT2D eigenvalue weighted by Gasteiger charge is 2.19. The topological polar surface area (TPSA) is 109 Å². The van der Waals surface area contributed by atoms with Crippen molar-refractivity contribution in [3.8, 4) is 6.07 Å². The number of carbonyl (C=O) groups excluding carboxylic acids is 1. The first-order chi connectivity index (χ1) is 8.11. The molecule has 0 radical (unpaired) electrons. The Morgan fingerprint density at radius 1 is 1.47 bits per heavy atom. The summed E-state index contributed by atoms with van der Waals surface area (Å²) in [6, 6.07) is 0.776. The van der Waals surface area contributed by atoms with Gasteiger partial charge in [0.15, 0.2) is 0 Å². The van der Waals surface area contributed by atoms with Crippen LogP contribution < -0.4 is 5.32 Å². The number of nitriles is 1. The van der Waals surface area contributed by atoms with Gasteiger partial charge in [0.1, 0.15) is 12.6 Å². The molecule has 0 aliphatic carbocycles. The van der Waals surface area contributed by atoms with E-state index in [1.165, 1.54) is 7.11 Å². The fraction of sp³-hybridized carbons (Fsp3) is 0.700. The Morgan fingerprint density at radius 3 is 2.71 bits per heavy atom. The number of amides is 1. The van der Waals surface area contributed by atoms with Crippen LogP contribution in [-0.4, -0.2) is 50.0 Å². The van der Waals surface area contributed by atoms with Crippen LogP contribution in [0.1, 0.15) is 12.8 Å². The van der Waals surface area contributed by atoms with Crippen molar-refractivity contribution < 1.29 is 24.2 Å². The minimum Gasteiger partial charge on any atom is -0.480 e. The summed E-state index contributed by atoms with van der Waals surface area (Å²) in [6.45, 7) is 0.406. The number of nitrogens with zero attached hydrogens (tertiary/aromatic N) is 1. The van der Waals surface area contributed by atoms with Crippen molar-refractivity contribution >= 4 is 11.9 Å². The summed E-state index contributed by atoms with van der Waals surface area (Å²) in [5, 5.41) is 19.4. The Hall–Kier alpha value is -1.65. The summed E-state index contributed by atoms with van der Waals surface area (Å²) in [7, 11) is 1.51. The van der Waals surface area contributed by atoms with E-state index in [0.29, 0.717) is 6.61 Å². The second-order valence-electron chi connectivity index (χ2n) is 3.20. The molecule has 0 aliphatic rings. The van der Waals surface area contributed by atoms with Crippen LogP contribution >= 0.6 is 0 Å². The maximum absolute atomic E-state index is 11.3. The molecule has 7 heteroatoms. The van der Waals surface area contributed by atoms with Crippen molar-refractivity contribution in [2.45, 2.75) is 18.9 Å². The van der Waals surface area contributed by atoms with Crippen molar-refractivity contribution in [2.24, 2.45) is 0 Å². The lowest BCUT2D eigenvalue weighted by Crippen LogP contribution is -2.42. The highest BCUT2D eigenvalue weighted by Crippen LogP contribution is 1.96. The Balaban J connectivity index is 3.88. The van der Waals surface area contributed by atoms with Crippen molar-refractivity contribution in [1.82, 2.24) is 5.32 Å². The molecule has 0 spiro atoms. The molecule has 0 unspecified atom stereocenters. The number of carboxylic acid groups (broad SMARTS) is 1. The van der Waals surface area contributed by atoms with Crippen LogP contribution in [0.25, 0.3) is 0 Å². The number of methoxy groups -OCH3 is 1. The van der Waals surface area contributed by atoms with Gasteiger partial charge in [0, 0.05) is 13.5 Å². The fourth-order valence-electron chi connectivity index (χ4n) is 1.01. The Morgan fingerprint density at radius 2 is 2.18 bits per heavy atom. The first-order valence-corrected chi connectivity index (χ1v) is 5.07. The maximum atomic E-state index is 11.3. The SMILES string of the molecule is COCCOCC(=O)N[C@@H](CCC#N)C(=O)O. The van der Waals surface area contributed by atoms with Gasteiger partial charge in [0.2, 0.25) is 5.91 Å². The summed E-state index contributed by atoms with van der Waals surface area (Å²) in [6.07, 6.45) is 0.150. The number of aliphatic carboxylic acids is 1. The number of ether oxygens (including phenoxy) is 2. The highest BCUT2D eigenvalue weighted by molar-refractivity contribution is 5.84. The number of carboxylic acids is 1. The van der Waals surface area contributed by atoms with Gasteiger partial charge in [0.05, 0.1) is 19.3 Å². The molecule has 0 aromatic rings. The molecular formula is C10H16N2O5. The van der Waals surface area contributed by atoms with E-state index in [1.54, 1.807) is 0 Å². The average molecular weight is 244 g/mol. The van der Waals surface area contributed by atoms with Crippen molar-refractivity contribution in [3.05, 3.63) is 0 Å². The standard InChI is InChI=1S/C10H16N2O5/c1-16-5-6-17-7-9(13)12-8(10(14)15)3-2-4-11/h8H,2-3,5-7H2,1H3,(H,12,13)(H,14,15)/t8-/m0/s1. The van der Waals surface area contributed by atoms with Crippen LogP contribution in [0.2, 0.25) is 0 Å². The number of carbonyl (C=O) groups is 2. The summed E-state index contributed by atoms with van der Waals surface area (Å²) < 4.78 is 9.64. The van der Waals surface area contributed by atoms with Crippen LogP contribution in [0, 0.1) is 11.3 Å². The molecule has 0 bridgehead atoms. The van der Waals surface area contributed by atoms with Crippen molar-refractivity contribution in [1.29, 1.82) is 5.26 Å². The van der Waals surface area contributed by atoms with E-state index in [1.807, 2.05) is 6.07 Å². The molecule has 0 aromatic carbocycles. The Bertz CT molecular complexity index is 287. The van der Waals surface area contributed by atoms with Gasteiger partial charge in [-0.05, 0) is 6.42 Å². The lowest BCUT2D eigenvalue weighted by Gasteiger charge is -2.12. The summed E-state index contributed by atoms with van der Waals surface area (Å²) in [4.78, 5) is 22.0. The van der Waals surface area contributed by atoms with E-state index >= 15 is 0 Å². The zero-order chi connectivity index (χ0) is 13.1. The molecule has 0 rings (SSSR count). The largest absolute Gasteiger partial charge is 0.480 e. The zero-order valence-electron chi connectivity index (χ0n) is 9.64. The van der Waals surface area contributed by atoms with E-state index in [0.717, 1.165) is 0 Å². The van der Waals surface area contributed by atoms with Gasteiger partial charge in [-0.2, -0.15) is 5.26 Å². The van der Waals surface area contributed by atoms with Gasteiger partial charge < -0.3 is 19.9 Å². The molecular weight excluding hydrogens is 228 g/mol. The normalized spacial score (nSPS) is 11.5. The van der Waals surface area contributed by atoms with Gasteiger partial charge in [-0.15, -0.1) is 0 Å². The van der Waals surface area contributed by atoms with Gasteiger partial charge >= 0.3 is 5.97 Å². The monoisotopic (exact) mass is 244 g/mol. The minimum absolute atomic E-state index is 0.0712. The molecule has 0 fully saturated rings. The molecule has 17 heavy (non-hydrogen) atoms. The van der Waals surface area contributed by atoms with E-state index in [2.05, 4.69) is 5.32 Å². The smallest absolute Gasteiger partial charge is 0.326 e. The Kier molecular flexibility index (Phi) is 8.64. The molecule has 2 N–H and O–H groups in total. The van der Waals surface area contributed by atoms with Crippen LogP contribution in [0.15, 0.2) is 0 Å². The number of hydrogen-bond donors (Lipinski definition) is 2. The van der Waals surface area contributed by atoms with Crippen molar-refractivity contribution in [2.75, 3.05) is 26.9 Å². The second-order valence-corrected chi connectivity index (χ2v) is 3.20. The van der Waals surface area contributed by atoms with Crippen LogP contribution in [0.4, 0.5) is 0 Å². The molecule has 0 aliphatic heterocycles. The molecule has 96 valence electrons. The molecule has 0 aromatic heterocycles. The first kappa shape index (κ1) is 15.3. The van der Waals surface area contributed by atoms with Gasteiger partial charge in [-0.25, -0.2) is 4.79 Å². The summed E-state index contributed by atoms with van der Waals surface area (Å²) >= 11 is 0. The number of rotatable bonds is 9. The number of nitrogens with one attached hydrogen (secondary N) is 1.